The van der Waals surface area contributed by atoms with Gasteiger partial charge in [0.1, 0.15) is 11.6 Å². The van der Waals surface area contributed by atoms with Crippen LogP contribution in [0.15, 0.2) is 42.5 Å². The zero-order chi connectivity index (χ0) is 17.5. The zero-order valence-electron chi connectivity index (χ0n) is 12.8. The Labute approximate surface area is 143 Å². The van der Waals surface area contributed by atoms with E-state index in [0.717, 1.165) is 5.56 Å². The van der Waals surface area contributed by atoms with Crippen molar-refractivity contribution < 1.29 is 23.5 Å². The molecule has 0 aliphatic carbocycles. The molecule has 0 atom stereocenters. The second kappa shape index (κ2) is 8.31. The molecule has 0 aromatic heterocycles. The zero-order valence-corrected chi connectivity index (χ0v) is 13.6. The average Bonchev–Trinajstić information content (AvgIpc) is 2.54. The maximum absolute atomic E-state index is 12.7. The minimum Gasteiger partial charge on any atom is -0.482 e. The third-order valence-corrected chi connectivity index (χ3v) is 3.21. The van der Waals surface area contributed by atoms with Gasteiger partial charge in [-0.3, -0.25) is 4.79 Å². The highest BCUT2D eigenvalue weighted by atomic mass is 35.5. The molecule has 0 radical (unpaired) electrons. The van der Waals surface area contributed by atoms with E-state index in [9.17, 15) is 14.0 Å². The van der Waals surface area contributed by atoms with Crippen molar-refractivity contribution in [3.63, 3.8) is 0 Å². The van der Waals surface area contributed by atoms with E-state index in [4.69, 9.17) is 21.1 Å². The number of amides is 1. The van der Waals surface area contributed by atoms with E-state index in [-0.39, 0.29) is 6.61 Å². The van der Waals surface area contributed by atoms with E-state index in [2.05, 4.69) is 5.32 Å². The molecular formula is C17H15ClFNO4. The second-order valence-corrected chi connectivity index (χ2v) is 5.35. The van der Waals surface area contributed by atoms with Crippen LogP contribution in [0.2, 0.25) is 5.02 Å². The van der Waals surface area contributed by atoms with Gasteiger partial charge in [-0.2, -0.15) is 0 Å². The molecule has 0 aliphatic rings. The molecule has 1 amide bonds. The largest absolute Gasteiger partial charge is 0.482 e. The van der Waals surface area contributed by atoms with Gasteiger partial charge >= 0.3 is 5.97 Å². The lowest BCUT2D eigenvalue weighted by atomic mass is 10.2. The third-order valence-electron chi connectivity index (χ3n) is 2.97. The summed E-state index contributed by atoms with van der Waals surface area (Å²) < 4.78 is 22.9. The molecule has 0 unspecified atom stereocenters. The van der Waals surface area contributed by atoms with Gasteiger partial charge in [0, 0.05) is 10.7 Å². The molecule has 7 heteroatoms. The van der Waals surface area contributed by atoms with E-state index >= 15 is 0 Å². The number of hydrogen-bond donors (Lipinski definition) is 1. The second-order valence-electron chi connectivity index (χ2n) is 4.91. The number of rotatable bonds is 6. The summed E-state index contributed by atoms with van der Waals surface area (Å²) in [5, 5.41) is 3.04. The number of anilines is 1. The van der Waals surface area contributed by atoms with Crippen LogP contribution < -0.4 is 10.1 Å². The van der Waals surface area contributed by atoms with Gasteiger partial charge in [0.25, 0.3) is 5.91 Å². The average molecular weight is 352 g/mol. The molecule has 24 heavy (non-hydrogen) atoms. The summed E-state index contributed by atoms with van der Waals surface area (Å²) >= 11 is 5.83. The van der Waals surface area contributed by atoms with Gasteiger partial charge in [-0.15, -0.1) is 0 Å². The van der Waals surface area contributed by atoms with Gasteiger partial charge in [0.2, 0.25) is 0 Å². The summed E-state index contributed by atoms with van der Waals surface area (Å²) in [7, 11) is 0. The Hall–Kier alpha value is -2.60. The smallest absolute Gasteiger partial charge is 0.344 e. The van der Waals surface area contributed by atoms with Crippen molar-refractivity contribution in [1.29, 1.82) is 0 Å². The van der Waals surface area contributed by atoms with Crippen molar-refractivity contribution in [2.24, 2.45) is 0 Å². The number of hydrogen-bond acceptors (Lipinski definition) is 4. The molecule has 0 heterocycles. The molecule has 0 saturated heterocycles. The van der Waals surface area contributed by atoms with Gasteiger partial charge in [0.15, 0.2) is 13.2 Å². The van der Waals surface area contributed by atoms with E-state index in [1.54, 1.807) is 25.1 Å². The number of carbonyl (C=O) groups is 2. The van der Waals surface area contributed by atoms with Crippen LogP contribution in [0.25, 0.3) is 0 Å². The predicted octanol–water partition coefficient (Wildman–Crippen LogP) is 3.35. The molecule has 0 fully saturated rings. The molecular weight excluding hydrogens is 337 g/mol. The number of nitrogens with one attached hydrogen (secondary N) is 1. The Morgan fingerprint density at radius 3 is 2.50 bits per heavy atom. The molecule has 0 bridgehead atoms. The number of esters is 1. The van der Waals surface area contributed by atoms with Crippen LogP contribution in [0, 0.1) is 12.7 Å². The van der Waals surface area contributed by atoms with E-state index < -0.39 is 24.3 Å². The van der Waals surface area contributed by atoms with Crippen molar-refractivity contribution in [2.75, 3.05) is 18.5 Å². The maximum Gasteiger partial charge on any atom is 0.344 e. The number of carbonyl (C=O) groups excluding carboxylic acids is 2. The fourth-order valence-corrected chi connectivity index (χ4v) is 2.06. The van der Waals surface area contributed by atoms with Gasteiger partial charge in [0.05, 0.1) is 0 Å². The van der Waals surface area contributed by atoms with Gasteiger partial charge in [-0.1, -0.05) is 11.6 Å². The normalized spacial score (nSPS) is 10.1. The lowest BCUT2D eigenvalue weighted by Gasteiger charge is -2.09. The van der Waals surface area contributed by atoms with E-state index in [1.807, 2.05) is 0 Å². The summed E-state index contributed by atoms with van der Waals surface area (Å²) in [5.74, 6) is -1.11. The molecule has 0 aliphatic heterocycles. The lowest BCUT2D eigenvalue weighted by molar-refractivity contribution is -0.149. The molecule has 0 spiro atoms. The minimum atomic E-state index is -0.682. The molecule has 1 N–H and O–H groups in total. The Balaban J connectivity index is 1.74. The molecule has 2 aromatic carbocycles. The van der Waals surface area contributed by atoms with Crippen molar-refractivity contribution in [3.05, 3.63) is 58.9 Å². The van der Waals surface area contributed by atoms with Crippen LogP contribution in [0.5, 0.6) is 5.75 Å². The fourth-order valence-electron chi connectivity index (χ4n) is 1.83. The number of halogens is 2. The Bertz CT molecular complexity index is 734. The van der Waals surface area contributed by atoms with Crippen LogP contribution in [0.3, 0.4) is 0 Å². The first-order chi connectivity index (χ1) is 11.4. The Morgan fingerprint density at radius 2 is 1.83 bits per heavy atom. The van der Waals surface area contributed by atoms with Gasteiger partial charge < -0.3 is 14.8 Å². The minimum absolute atomic E-state index is 0.327. The first-order valence-electron chi connectivity index (χ1n) is 7.04. The Morgan fingerprint density at radius 1 is 1.12 bits per heavy atom. The number of benzene rings is 2. The third kappa shape index (κ3) is 5.55. The van der Waals surface area contributed by atoms with Crippen LogP contribution in [0.4, 0.5) is 10.1 Å². The van der Waals surface area contributed by atoms with Crippen molar-refractivity contribution in [1.82, 2.24) is 0 Å². The van der Waals surface area contributed by atoms with Crippen molar-refractivity contribution >= 4 is 29.2 Å². The number of aryl methyl sites for hydroxylation is 1. The summed E-state index contributed by atoms with van der Waals surface area (Å²) in [6.07, 6.45) is 0. The summed E-state index contributed by atoms with van der Waals surface area (Å²) in [6.45, 7) is 1.01. The van der Waals surface area contributed by atoms with Crippen LogP contribution in [-0.4, -0.2) is 25.1 Å². The fraction of sp³-hybridized carbons (Fsp3) is 0.176. The Kier molecular flexibility index (Phi) is 6.14. The number of ether oxygens (including phenoxy) is 2. The highest BCUT2D eigenvalue weighted by molar-refractivity contribution is 6.30. The molecule has 2 aromatic rings. The highest BCUT2D eigenvalue weighted by Crippen LogP contribution is 2.21. The summed E-state index contributed by atoms with van der Waals surface area (Å²) in [5.41, 5.74) is 1.19. The van der Waals surface area contributed by atoms with Crippen LogP contribution in [-0.2, 0) is 14.3 Å². The monoisotopic (exact) mass is 351 g/mol. The molecule has 126 valence electrons. The van der Waals surface area contributed by atoms with Crippen LogP contribution >= 0.6 is 11.6 Å². The lowest BCUT2D eigenvalue weighted by Crippen LogP contribution is -2.23. The van der Waals surface area contributed by atoms with E-state index in [1.165, 1.54) is 24.3 Å². The first-order valence-corrected chi connectivity index (χ1v) is 7.42. The quantitative estimate of drug-likeness (QED) is 0.811. The SMILES string of the molecule is Cc1cc(Cl)ccc1OCC(=O)OCC(=O)Nc1ccc(F)cc1. The first kappa shape index (κ1) is 17.7. The van der Waals surface area contributed by atoms with Gasteiger partial charge in [-0.05, 0) is 55.0 Å². The summed E-state index contributed by atoms with van der Waals surface area (Å²) in [4.78, 5) is 23.2. The van der Waals surface area contributed by atoms with Crippen LogP contribution in [0.1, 0.15) is 5.56 Å². The van der Waals surface area contributed by atoms with Gasteiger partial charge in [-0.25, -0.2) is 9.18 Å². The standard InChI is InChI=1S/C17H15ClFNO4/c1-11-8-12(18)2-7-15(11)23-10-17(22)24-9-16(21)20-14-5-3-13(19)4-6-14/h2-8H,9-10H2,1H3,(H,20,21). The predicted molar refractivity (Wildman–Crippen MR) is 87.7 cm³/mol. The van der Waals surface area contributed by atoms with Crippen molar-refractivity contribution in [3.8, 4) is 5.75 Å². The molecule has 5 nitrogen and oxygen atoms in total. The van der Waals surface area contributed by atoms with Crippen molar-refractivity contribution in [2.45, 2.75) is 6.92 Å². The molecule has 0 saturated carbocycles. The summed E-state index contributed by atoms with van der Waals surface area (Å²) in [6, 6.07) is 10.2. The highest BCUT2D eigenvalue weighted by Gasteiger charge is 2.10. The van der Waals surface area contributed by atoms with E-state index in [0.29, 0.717) is 16.5 Å². The topological polar surface area (TPSA) is 64.6 Å². The molecule has 2 rings (SSSR count). The maximum atomic E-state index is 12.7.